The molecule has 0 radical (unpaired) electrons. The van der Waals surface area contributed by atoms with Crippen molar-refractivity contribution in [2.24, 2.45) is 5.10 Å². The second kappa shape index (κ2) is 9.74. The molecule has 0 spiro atoms. The van der Waals surface area contributed by atoms with Crippen LogP contribution < -0.4 is 5.43 Å². The third-order valence-electron chi connectivity index (χ3n) is 4.01. The summed E-state index contributed by atoms with van der Waals surface area (Å²) in [5.41, 5.74) is 4.28. The number of ether oxygens (including phenoxy) is 1. The lowest BCUT2D eigenvalue weighted by atomic mass is 10.0. The van der Waals surface area contributed by atoms with E-state index < -0.39 is 23.4 Å². The maximum absolute atomic E-state index is 12.1. The molecule has 0 bridgehead atoms. The Morgan fingerprint density at radius 3 is 2.00 bits per heavy atom. The van der Waals surface area contributed by atoms with Gasteiger partial charge in [-0.25, -0.2) is 10.2 Å². The Balaban J connectivity index is 1.67. The second-order valence-corrected chi connectivity index (χ2v) is 6.11. The Morgan fingerprint density at radius 2 is 1.43 bits per heavy atom. The Hall–Kier alpha value is -4.33. The van der Waals surface area contributed by atoms with E-state index in [-0.39, 0.29) is 11.3 Å². The van der Waals surface area contributed by atoms with Crippen LogP contribution in [0.15, 0.2) is 90.0 Å². The van der Waals surface area contributed by atoms with Crippen molar-refractivity contribution in [3.8, 4) is 0 Å². The molecule has 0 unspecified atom stereocenters. The first kappa shape index (κ1) is 20.4. The number of nitrogens with one attached hydrogen (secondary N) is 1. The van der Waals surface area contributed by atoms with E-state index in [1.54, 1.807) is 0 Å². The average Bonchev–Trinajstić information content (AvgIpc) is 2.79. The minimum atomic E-state index is -0.843. The Bertz CT molecular complexity index is 1040. The van der Waals surface area contributed by atoms with Crippen molar-refractivity contribution in [2.75, 3.05) is 6.61 Å². The van der Waals surface area contributed by atoms with Crippen molar-refractivity contribution >= 4 is 23.3 Å². The van der Waals surface area contributed by atoms with Crippen LogP contribution in [-0.2, 0) is 9.53 Å². The molecule has 0 atom stereocenters. The summed E-state index contributed by atoms with van der Waals surface area (Å²) in [6.07, 6.45) is 0. The van der Waals surface area contributed by atoms with Crippen LogP contribution in [0.5, 0.6) is 0 Å². The van der Waals surface area contributed by atoms with Crippen LogP contribution in [0, 0.1) is 10.1 Å². The molecule has 1 amide bonds. The zero-order valence-corrected chi connectivity index (χ0v) is 15.7. The number of hydrogen-bond donors (Lipinski definition) is 1. The van der Waals surface area contributed by atoms with E-state index in [0.717, 1.165) is 17.2 Å². The summed E-state index contributed by atoms with van der Waals surface area (Å²) in [4.78, 5) is 34.3. The van der Waals surface area contributed by atoms with Gasteiger partial charge in [0.25, 0.3) is 11.6 Å². The fourth-order valence-electron chi connectivity index (χ4n) is 2.60. The summed E-state index contributed by atoms with van der Waals surface area (Å²) in [7, 11) is 0. The molecule has 0 aliphatic rings. The number of amides is 1. The minimum Gasteiger partial charge on any atom is -0.452 e. The van der Waals surface area contributed by atoms with Crippen LogP contribution in [0.25, 0.3) is 0 Å². The first-order valence-electron chi connectivity index (χ1n) is 8.93. The summed E-state index contributed by atoms with van der Waals surface area (Å²) in [6, 6.07) is 23.7. The highest BCUT2D eigenvalue weighted by Crippen LogP contribution is 2.14. The predicted molar refractivity (Wildman–Crippen MR) is 110 cm³/mol. The van der Waals surface area contributed by atoms with E-state index in [1.165, 1.54) is 18.2 Å². The van der Waals surface area contributed by atoms with Gasteiger partial charge in [0.1, 0.15) is 0 Å². The SMILES string of the molecule is O=C(COC(=O)c1cccc([N+](=O)[O-])c1)NN=C(c1ccccc1)c1ccccc1. The lowest BCUT2D eigenvalue weighted by molar-refractivity contribution is -0.384. The predicted octanol–water partition coefficient (Wildman–Crippen LogP) is 3.32. The van der Waals surface area contributed by atoms with Gasteiger partial charge >= 0.3 is 5.97 Å². The zero-order chi connectivity index (χ0) is 21.3. The van der Waals surface area contributed by atoms with Gasteiger partial charge in [0.05, 0.1) is 16.2 Å². The van der Waals surface area contributed by atoms with Gasteiger partial charge in [0.15, 0.2) is 6.61 Å². The van der Waals surface area contributed by atoms with Crippen LogP contribution in [0.1, 0.15) is 21.5 Å². The van der Waals surface area contributed by atoms with E-state index >= 15 is 0 Å². The standard InChI is InChI=1S/C22H17N3O5/c26-20(15-30-22(27)18-12-7-13-19(14-18)25(28)29)23-24-21(16-8-3-1-4-9-16)17-10-5-2-6-11-17/h1-14H,15H2,(H,23,26). The molecule has 3 aromatic rings. The van der Waals surface area contributed by atoms with Gasteiger partial charge in [0.2, 0.25) is 0 Å². The topological polar surface area (TPSA) is 111 Å². The third kappa shape index (κ3) is 5.35. The number of hydrazone groups is 1. The number of esters is 1. The fourth-order valence-corrected chi connectivity index (χ4v) is 2.60. The smallest absolute Gasteiger partial charge is 0.338 e. The minimum absolute atomic E-state index is 0.0187. The third-order valence-corrected chi connectivity index (χ3v) is 4.01. The number of benzene rings is 3. The molecule has 150 valence electrons. The van der Waals surface area contributed by atoms with Crippen molar-refractivity contribution in [1.29, 1.82) is 0 Å². The van der Waals surface area contributed by atoms with Gasteiger partial charge in [-0.05, 0) is 6.07 Å². The molecule has 0 saturated carbocycles. The normalized spacial score (nSPS) is 10.0. The monoisotopic (exact) mass is 403 g/mol. The van der Waals surface area contributed by atoms with E-state index in [4.69, 9.17) is 4.74 Å². The molecule has 0 aliphatic heterocycles. The van der Waals surface area contributed by atoms with E-state index in [9.17, 15) is 19.7 Å². The van der Waals surface area contributed by atoms with Crippen molar-refractivity contribution in [3.63, 3.8) is 0 Å². The van der Waals surface area contributed by atoms with E-state index in [0.29, 0.717) is 5.71 Å². The second-order valence-electron chi connectivity index (χ2n) is 6.11. The number of rotatable bonds is 7. The number of nitrogens with zero attached hydrogens (tertiary/aromatic N) is 2. The van der Waals surface area contributed by atoms with Crippen LogP contribution in [0.2, 0.25) is 0 Å². The van der Waals surface area contributed by atoms with E-state index in [1.807, 2.05) is 60.7 Å². The molecule has 8 heteroatoms. The molecule has 1 N–H and O–H groups in total. The van der Waals surface area contributed by atoms with Crippen LogP contribution in [0.4, 0.5) is 5.69 Å². The molecule has 0 aromatic heterocycles. The van der Waals surface area contributed by atoms with Gasteiger partial charge < -0.3 is 4.74 Å². The zero-order valence-electron chi connectivity index (χ0n) is 15.7. The molecule has 3 aromatic carbocycles. The number of non-ortho nitro benzene ring substituents is 1. The Labute approximate surface area is 172 Å². The number of nitro benzene ring substituents is 1. The number of hydrogen-bond acceptors (Lipinski definition) is 6. The molecule has 0 fully saturated rings. The van der Waals surface area contributed by atoms with Gasteiger partial charge in [-0.2, -0.15) is 5.10 Å². The Kier molecular flexibility index (Phi) is 6.63. The molecule has 0 aliphatic carbocycles. The maximum Gasteiger partial charge on any atom is 0.338 e. The van der Waals surface area contributed by atoms with Crippen molar-refractivity contribution < 1.29 is 19.2 Å². The van der Waals surface area contributed by atoms with Crippen LogP contribution in [0.3, 0.4) is 0 Å². The first-order chi connectivity index (χ1) is 14.5. The van der Waals surface area contributed by atoms with Gasteiger partial charge in [-0.15, -0.1) is 0 Å². The quantitative estimate of drug-likeness (QED) is 0.282. The summed E-state index contributed by atoms with van der Waals surface area (Å²) < 4.78 is 4.93. The van der Waals surface area contributed by atoms with Crippen molar-refractivity contribution in [2.45, 2.75) is 0 Å². The maximum atomic E-state index is 12.1. The molecular weight excluding hydrogens is 386 g/mol. The lowest BCUT2D eigenvalue weighted by Gasteiger charge is -2.08. The Morgan fingerprint density at radius 1 is 0.867 bits per heavy atom. The van der Waals surface area contributed by atoms with Gasteiger partial charge in [0, 0.05) is 23.3 Å². The molecule has 0 heterocycles. The fraction of sp³-hybridized carbons (Fsp3) is 0.0455. The highest BCUT2D eigenvalue weighted by Gasteiger charge is 2.14. The van der Waals surface area contributed by atoms with Crippen molar-refractivity contribution in [1.82, 2.24) is 5.43 Å². The number of carbonyl (C=O) groups excluding carboxylic acids is 2. The molecular formula is C22H17N3O5. The molecule has 30 heavy (non-hydrogen) atoms. The van der Waals surface area contributed by atoms with Crippen LogP contribution in [-0.4, -0.2) is 29.1 Å². The molecule has 8 nitrogen and oxygen atoms in total. The summed E-state index contributed by atoms with van der Waals surface area (Å²) in [5, 5.41) is 15.0. The van der Waals surface area contributed by atoms with Gasteiger partial charge in [-0.1, -0.05) is 66.7 Å². The largest absolute Gasteiger partial charge is 0.452 e. The van der Waals surface area contributed by atoms with E-state index in [2.05, 4.69) is 10.5 Å². The lowest BCUT2D eigenvalue weighted by Crippen LogP contribution is -2.26. The average molecular weight is 403 g/mol. The molecule has 0 saturated heterocycles. The van der Waals surface area contributed by atoms with Gasteiger partial charge in [-0.3, -0.25) is 14.9 Å². The number of carbonyl (C=O) groups is 2. The summed E-state index contributed by atoms with van der Waals surface area (Å²) >= 11 is 0. The summed E-state index contributed by atoms with van der Waals surface area (Å²) in [5.74, 6) is -1.48. The summed E-state index contributed by atoms with van der Waals surface area (Å²) in [6.45, 7) is -0.581. The highest BCUT2D eigenvalue weighted by molar-refractivity contribution is 6.13. The van der Waals surface area contributed by atoms with Crippen molar-refractivity contribution in [3.05, 3.63) is 112 Å². The first-order valence-corrected chi connectivity index (χ1v) is 8.93. The number of nitro groups is 1. The molecule has 3 rings (SSSR count). The van der Waals surface area contributed by atoms with Crippen LogP contribution >= 0.6 is 0 Å². The highest BCUT2D eigenvalue weighted by atomic mass is 16.6.